The number of ether oxygens (including phenoxy) is 2. The maximum atomic E-state index is 14.3. The Hall–Kier alpha value is -3.20. The fraction of sp³-hybridized carbons (Fsp3) is 0.500. The molecule has 0 bridgehead atoms. The summed E-state index contributed by atoms with van der Waals surface area (Å²) in [6.45, 7) is 6.10. The molecule has 8 nitrogen and oxygen atoms in total. The molecule has 2 aromatic carbocycles. The first-order valence-electron chi connectivity index (χ1n) is 12.3. The van der Waals surface area contributed by atoms with Crippen LogP contribution in [-0.2, 0) is 13.0 Å². The van der Waals surface area contributed by atoms with Crippen LogP contribution in [0.4, 0.5) is 10.1 Å². The van der Waals surface area contributed by atoms with E-state index in [-0.39, 0.29) is 11.9 Å². The van der Waals surface area contributed by atoms with Crippen molar-refractivity contribution in [2.75, 3.05) is 45.3 Å². The molecule has 0 spiro atoms. The molecule has 188 valence electrons. The van der Waals surface area contributed by atoms with Crippen LogP contribution < -0.4 is 14.4 Å². The lowest BCUT2D eigenvalue weighted by Gasteiger charge is -2.39. The van der Waals surface area contributed by atoms with E-state index in [4.69, 9.17) is 9.47 Å². The van der Waals surface area contributed by atoms with Crippen LogP contribution in [0, 0.1) is 5.82 Å². The van der Waals surface area contributed by atoms with E-state index in [2.05, 4.69) is 32.2 Å². The molecule has 0 N–H and O–H groups in total. The SMILES string of the molecule is CCCC[C@@H](c1nnnn1CCc1ccc(OC)c(OC)c1)N1CCN(c2ccccc2F)CC1. The number of nitrogens with zero attached hydrogens (tertiary/aromatic N) is 6. The zero-order valence-corrected chi connectivity index (χ0v) is 20.9. The third kappa shape index (κ3) is 5.90. The Labute approximate surface area is 206 Å². The van der Waals surface area contributed by atoms with Gasteiger partial charge >= 0.3 is 0 Å². The highest BCUT2D eigenvalue weighted by Gasteiger charge is 2.29. The number of benzene rings is 2. The molecule has 3 aromatic rings. The van der Waals surface area contributed by atoms with Crippen LogP contribution >= 0.6 is 0 Å². The van der Waals surface area contributed by atoms with E-state index in [0.29, 0.717) is 18.0 Å². The van der Waals surface area contributed by atoms with Crippen LogP contribution in [0.25, 0.3) is 0 Å². The molecule has 0 unspecified atom stereocenters. The second-order valence-corrected chi connectivity index (χ2v) is 8.83. The van der Waals surface area contributed by atoms with Gasteiger partial charge in [-0.2, -0.15) is 0 Å². The number of tetrazole rings is 1. The Balaban J connectivity index is 1.45. The molecular formula is C26H35FN6O2. The number of halogens is 1. The number of methoxy groups -OCH3 is 2. The molecule has 9 heteroatoms. The van der Waals surface area contributed by atoms with Crippen molar-refractivity contribution in [1.29, 1.82) is 0 Å². The molecular weight excluding hydrogens is 447 g/mol. The molecule has 1 aliphatic heterocycles. The lowest BCUT2D eigenvalue weighted by atomic mass is 10.1. The molecule has 1 aliphatic rings. The molecule has 1 saturated heterocycles. The first-order valence-corrected chi connectivity index (χ1v) is 12.3. The van der Waals surface area contributed by atoms with E-state index in [1.165, 1.54) is 6.07 Å². The van der Waals surface area contributed by atoms with E-state index < -0.39 is 0 Å². The highest BCUT2D eigenvalue weighted by Crippen LogP contribution is 2.30. The van der Waals surface area contributed by atoms with Gasteiger partial charge in [-0.1, -0.05) is 38.0 Å². The number of hydrogen-bond acceptors (Lipinski definition) is 7. The zero-order valence-electron chi connectivity index (χ0n) is 20.9. The highest BCUT2D eigenvalue weighted by molar-refractivity contribution is 5.48. The first-order chi connectivity index (χ1) is 17.1. The summed E-state index contributed by atoms with van der Waals surface area (Å²) in [7, 11) is 3.28. The minimum Gasteiger partial charge on any atom is -0.493 e. The second-order valence-electron chi connectivity index (χ2n) is 8.83. The second kappa shape index (κ2) is 12.0. The van der Waals surface area contributed by atoms with E-state index in [1.807, 2.05) is 35.0 Å². The molecule has 1 atom stereocenters. The Bertz CT molecular complexity index is 1080. The van der Waals surface area contributed by atoms with E-state index >= 15 is 0 Å². The molecule has 4 rings (SSSR count). The van der Waals surface area contributed by atoms with Gasteiger partial charge in [-0.3, -0.25) is 4.90 Å². The quantitative estimate of drug-likeness (QED) is 0.407. The Kier molecular flexibility index (Phi) is 8.52. The van der Waals surface area contributed by atoms with Crippen LogP contribution in [0.1, 0.15) is 43.6 Å². The zero-order chi connectivity index (χ0) is 24.6. The molecule has 0 radical (unpaired) electrons. The minimum atomic E-state index is -0.164. The summed E-state index contributed by atoms with van der Waals surface area (Å²) in [6, 6.07) is 13.1. The van der Waals surface area contributed by atoms with Crippen molar-refractivity contribution < 1.29 is 13.9 Å². The van der Waals surface area contributed by atoms with Gasteiger partial charge in [0.05, 0.1) is 25.9 Å². The van der Waals surface area contributed by atoms with Gasteiger partial charge in [0.1, 0.15) is 5.82 Å². The van der Waals surface area contributed by atoms with Crippen LogP contribution in [-0.4, -0.2) is 65.5 Å². The third-order valence-electron chi connectivity index (χ3n) is 6.70. The summed E-state index contributed by atoms with van der Waals surface area (Å²) < 4.78 is 27.0. The predicted molar refractivity (Wildman–Crippen MR) is 134 cm³/mol. The third-order valence-corrected chi connectivity index (χ3v) is 6.70. The normalized spacial score (nSPS) is 15.3. The molecule has 1 aromatic heterocycles. The number of unbranched alkanes of at least 4 members (excludes halogenated alkanes) is 1. The molecule has 1 fully saturated rings. The minimum absolute atomic E-state index is 0.137. The summed E-state index contributed by atoms with van der Waals surface area (Å²) >= 11 is 0. The van der Waals surface area contributed by atoms with Gasteiger partial charge in [-0.25, -0.2) is 9.07 Å². The summed E-state index contributed by atoms with van der Waals surface area (Å²) in [5.41, 5.74) is 1.81. The van der Waals surface area contributed by atoms with Crippen molar-refractivity contribution in [2.24, 2.45) is 0 Å². The van der Waals surface area contributed by atoms with Crippen LogP contribution in [0.5, 0.6) is 11.5 Å². The predicted octanol–water partition coefficient (Wildman–Crippen LogP) is 4.13. The van der Waals surface area contributed by atoms with Gasteiger partial charge in [0.15, 0.2) is 17.3 Å². The van der Waals surface area contributed by atoms with Gasteiger partial charge in [0.25, 0.3) is 0 Å². The van der Waals surface area contributed by atoms with Crippen molar-refractivity contribution in [3.05, 3.63) is 59.7 Å². The fourth-order valence-electron chi connectivity index (χ4n) is 4.74. The Morgan fingerprint density at radius 3 is 2.49 bits per heavy atom. The van der Waals surface area contributed by atoms with Gasteiger partial charge in [0.2, 0.25) is 0 Å². The van der Waals surface area contributed by atoms with Gasteiger partial charge in [0, 0.05) is 32.7 Å². The molecule has 0 saturated carbocycles. The first kappa shape index (κ1) is 24.9. The standard InChI is InChI=1S/C26H35FN6O2/c1-4-5-9-23(32-17-15-31(16-18-32)22-10-7-6-8-21(22)27)26-28-29-30-33(26)14-13-20-11-12-24(34-2)25(19-20)35-3/h6-8,10-12,19,23H,4-5,9,13-18H2,1-3H3/t23-/m0/s1. The van der Waals surface area contributed by atoms with Crippen molar-refractivity contribution in [1.82, 2.24) is 25.1 Å². The Morgan fingerprint density at radius 1 is 1.00 bits per heavy atom. The number of aromatic nitrogens is 4. The number of anilines is 1. The fourth-order valence-corrected chi connectivity index (χ4v) is 4.74. The Morgan fingerprint density at radius 2 is 1.77 bits per heavy atom. The molecule has 35 heavy (non-hydrogen) atoms. The van der Waals surface area contributed by atoms with Crippen molar-refractivity contribution in [2.45, 2.75) is 45.2 Å². The average molecular weight is 483 g/mol. The lowest BCUT2D eigenvalue weighted by Crippen LogP contribution is -2.48. The van der Waals surface area contributed by atoms with E-state index in [0.717, 1.165) is 69.0 Å². The monoisotopic (exact) mass is 482 g/mol. The van der Waals surface area contributed by atoms with Gasteiger partial charge in [-0.15, -0.1) is 5.10 Å². The number of aryl methyl sites for hydroxylation is 2. The topological polar surface area (TPSA) is 68.5 Å². The number of hydrogen-bond donors (Lipinski definition) is 0. The number of para-hydroxylation sites is 1. The molecule has 0 amide bonds. The van der Waals surface area contributed by atoms with Gasteiger partial charge < -0.3 is 14.4 Å². The van der Waals surface area contributed by atoms with Gasteiger partial charge in [-0.05, 0) is 53.1 Å². The maximum Gasteiger partial charge on any atom is 0.168 e. The molecule has 2 heterocycles. The number of piperazine rings is 1. The summed E-state index contributed by atoms with van der Waals surface area (Å²) in [5, 5.41) is 12.8. The summed E-state index contributed by atoms with van der Waals surface area (Å²) in [4.78, 5) is 4.58. The average Bonchev–Trinajstić information content (AvgIpc) is 3.36. The van der Waals surface area contributed by atoms with E-state index in [9.17, 15) is 4.39 Å². The number of rotatable bonds is 11. The maximum absolute atomic E-state index is 14.3. The van der Waals surface area contributed by atoms with E-state index in [1.54, 1.807) is 20.3 Å². The van der Waals surface area contributed by atoms with Crippen LogP contribution in [0.15, 0.2) is 42.5 Å². The van der Waals surface area contributed by atoms with Crippen LogP contribution in [0.2, 0.25) is 0 Å². The van der Waals surface area contributed by atoms with Crippen molar-refractivity contribution >= 4 is 5.69 Å². The lowest BCUT2D eigenvalue weighted by molar-refractivity contribution is 0.162. The largest absolute Gasteiger partial charge is 0.493 e. The summed E-state index contributed by atoms with van der Waals surface area (Å²) in [5.74, 6) is 2.17. The van der Waals surface area contributed by atoms with Crippen molar-refractivity contribution in [3.8, 4) is 11.5 Å². The van der Waals surface area contributed by atoms with Crippen molar-refractivity contribution in [3.63, 3.8) is 0 Å². The van der Waals surface area contributed by atoms with Crippen LogP contribution in [0.3, 0.4) is 0 Å². The molecule has 0 aliphatic carbocycles. The highest BCUT2D eigenvalue weighted by atomic mass is 19.1. The summed E-state index contributed by atoms with van der Waals surface area (Å²) in [6.07, 6.45) is 3.98. The smallest absolute Gasteiger partial charge is 0.168 e.